The molecule has 0 aliphatic heterocycles. The first-order valence-electron chi connectivity index (χ1n) is 10.2. The van der Waals surface area contributed by atoms with Crippen molar-refractivity contribution in [3.8, 4) is 0 Å². The van der Waals surface area contributed by atoms with Crippen LogP contribution in [0.15, 0.2) is 54.6 Å². The Kier molecular flexibility index (Phi) is 5.58. The first-order valence-corrected chi connectivity index (χ1v) is 10.2. The zero-order chi connectivity index (χ0) is 22.0. The van der Waals surface area contributed by atoms with Crippen molar-refractivity contribution in [3.05, 3.63) is 82.7 Å². The number of aromatic nitrogens is 3. The molecular formula is C24H24N4O3. The molecule has 0 bridgehead atoms. The van der Waals surface area contributed by atoms with Gasteiger partial charge in [0.25, 0.3) is 5.91 Å². The lowest BCUT2D eigenvalue weighted by Gasteiger charge is -2.12. The number of anilines is 1. The number of fused-ring (bicyclic) bond motifs is 1. The maximum absolute atomic E-state index is 13.2. The second kappa shape index (κ2) is 8.47. The largest absolute Gasteiger partial charge is 0.461 e. The van der Waals surface area contributed by atoms with Gasteiger partial charge in [-0.2, -0.15) is 0 Å². The molecule has 0 unspecified atom stereocenters. The highest BCUT2D eigenvalue weighted by atomic mass is 16.5. The van der Waals surface area contributed by atoms with Crippen molar-refractivity contribution in [2.24, 2.45) is 0 Å². The lowest BCUT2D eigenvalue weighted by molar-refractivity contribution is 0.0513. The summed E-state index contributed by atoms with van der Waals surface area (Å²) in [6.45, 7) is 6.09. The lowest BCUT2D eigenvalue weighted by atomic mass is 10.1. The van der Waals surface area contributed by atoms with E-state index in [4.69, 9.17) is 4.74 Å². The second-order valence-electron chi connectivity index (χ2n) is 7.28. The molecule has 1 amide bonds. The summed E-state index contributed by atoms with van der Waals surface area (Å²) in [5.41, 5.74) is 4.73. The fourth-order valence-electron chi connectivity index (χ4n) is 3.84. The maximum atomic E-state index is 13.2. The smallest absolute Gasteiger partial charge is 0.355 e. The summed E-state index contributed by atoms with van der Waals surface area (Å²) in [7, 11) is 0. The first kappa shape index (κ1) is 20.4. The second-order valence-corrected chi connectivity index (χ2v) is 7.28. The van der Waals surface area contributed by atoms with E-state index in [0.717, 1.165) is 16.6 Å². The molecule has 0 fully saturated rings. The normalized spacial score (nSPS) is 10.9. The quantitative estimate of drug-likeness (QED) is 0.454. The van der Waals surface area contributed by atoms with Crippen molar-refractivity contribution in [1.29, 1.82) is 0 Å². The molecule has 2 aromatic carbocycles. The number of H-pyrrole nitrogens is 1. The van der Waals surface area contributed by atoms with Gasteiger partial charge in [-0.25, -0.2) is 9.78 Å². The molecule has 2 heterocycles. The zero-order valence-electron chi connectivity index (χ0n) is 17.7. The molecular weight excluding hydrogens is 392 g/mol. The number of benzene rings is 2. The summed E-state index contributed by atoms with van der Waals surface area (Å²) < 4.78 is 7.13. The van der Waals surface area contributed by atoms with Crippen molar-refractivity contribution in [1.82, 2.24) is 14.5 Å². The third-order valence-corrected chi connectivity index (χ3v) is 5.27. The third kappa shape index (κ3) is 3.94. The molecule has 31 heavy (non-hydrogen) atoms. The molecule has 2 N–H and O–H groups in total. The Morgan fingerprint density at radius 2 is 1.77 bits per heavy atom. The van der Waals surface area contributed by atoms with Gasteiger partial charge in [-0.1, -0.05) is 42.5 Å². The highest BCUT2D eigenvalue weighted by molar-refractivity contribution is 6.08. The number of hydrogen-bond donors (Lipinski definition) is 2. The number of aromatic amines is 1. The summed E-state index contributed by atoms with van der Waals surface area (Å²) in [6.07, 6.45) is 0. The van der Waals surface area contributed by atoms with E-state index in [0.29, 0.717) is 35.0 Å². The number of hydrogen-bond acceptors (Lipinski definition) is 4. The zero-order valence-corrected chi connectivity index (χ0v) is 17.7. The minimum Gasteiger partial charge on any atom is -0.461 e. The van der Waals surface area contributed by atoms with E-state index in [1.807, 2.05) is 66.1 Å². The lowest BCUT2D eigenvalue weighted by Crippen LogP contribution is -2.15. The SMILES string of the molecule is CCOC(=O)c1c(C)c(C(=O)Nc2nc3ccccc3[nH]2)c(C)n1Cc1ccccc1. The molecule has 4 aromatic rings. The van der Waals surface area contributed by atoms with Crippen LogP contribution in [0.4, 0.5) is 5.95 Å². The molecule has 0 radical (unpaired) electrons. The third-order valence-electron chi connectivity index (χ3n) is 5.27. The van der Waals surface area contributed by atoms with Gasteiger partial charge in [0, 0.05) is 12.2 Å². The van der Waals surface area contributed by atoms with Gasteiger partial charge in [-0.15, -0.1) is 0 Å². The highest BCUT2D eigenvalue weighted by Crippen LogP contribution is 2.26. The van der Waals surface area contributed by atoms with E-state index in [2.05, 4.69) is 15.3 Å². The maximum Gasteiger partial charge on any atom is 0.355 e. The summed E-state index contributed by atoms with van der Waals surface area (Å²) in [5, 5.41) is 2.83. The number of carbonyl (C=O) groups excluding carboxylic acids is 2. The standard InChI is InChI=1S/C24H24N4O3/c1-4-31-23(30)21-15(2)20(16(3)28(21)14-17-10-6-5-7-11-17)22(29)27-24-25-18-12-8-9-13-19(18)26-24/h5-13H,4,14H2,1-3H3,(H2,25,26,27,29). The fourth-order valence-corrected chi connectivity index (χ4v) is 3.84. The molecule has 0 saturated heterocycles. The molecule has 0 atom stereocenters. The van der Waals surface area contributed by atoms with Gasteiger partial charge in [0.05, 0.1) is 23.2 Å². The molecule has 0 saturated carbocycles. The van der Waals surface area contributed by atoms with E-state index in [1.54, 1.807) is 13.8 Å². The van der Waals surface area contributed by atoms with Crippen LogP contribution in [0.25, 0.3) is 11.0 Å². The number of amides is 1. The van der Waals surface area contributed by atoms with E-state index >= 15 is 0 Å². The Hall–Kier alpha value is -3.87. The fraction of sp³-hybridized carbons (Fsp3) is 0.208. The number of para-hydroxylation sites is 2. The van der Waals surface area contributed by atoms with Crippen LogP contribution in [0, 0.1) is 13.8 Å². The number of rotatable bonds is 6. The van der Waals surface area contributed by atoms with Crippen molar-refractivity contribution >= 4 is 28.9 Å². The Morgan fingerprint density at radius 3 is 2.48 bits per heavy atom. The number of ether oxygens (including phenoxy) is 1. The van der Waals surface area contributed by atoms with Crippen LogP contribution >= 0.6 is 0 Å². The number of esters is 1. The minimum atomic E-state index is -0.443. The van der Waals surface area contributed by atoms with Gasteiger partial charge in [-0.05, 0) is 44.0 Å². The number of nitrogens with one attached hydrogen (secondary N) is 2. The molecule has 0 spiro atoms. The molecule has 158 valence electrons. The van der Waals surface area contributed by atoms with Gasteiger partial charge in [0.15, 0.2) is 0 Å². The van der Waals surface area contributed by atoms with Crippen LogP contribution in [0.1, 0.15) is 44.6 Å². The van der Waals surface area contributed by atoms with Crippen molar-refractivity contribution in [2.75, 3.05) is 11.9 Å². The van der Waals surface area contributed by atoms with Crippen LogP contribution in [-0.4, -0.2) is 33.0 Å². The average molecular weight is 416 g/mol. The van der Waals surface area contributed by atoms with Crippen LogP contribution in [-0.2, 0) is 11.3 Å². The summed E-state index contributed by atoms with van der Waals surface area (Å²) in [5.74, 6) is -0.410. The van der Waals surface area contributed by atoms with Crippen LogP contribution < -0.4 is 5.32 Å². The highest BCUT2D eigenvalue weighted by Gasteiger charge is 2.27. The van der Waals surface area contributed by atoms with E-state index < -0.39 is 5.97 Å². The van der Waals surface area contributed by atoms with Crippen LogP contribution in [0.5, 0.6) is 0 Å². The molecule has 2 aromatic heterocycles. The van der Waals surface area contributed by atoms with Crippen molar-refractivity contribution in [3.63, 3.8) is 0 Å². The number of nitrogens with zero attached hydrogens (tertiary/aromatic N) is 2. The average Bonchev–Trinajstić information content (AvgIpc) is 3.26. The molecule has 7 nitrogen and oxygen atoms in total. The van der Waals surface area contributed by atoms with E-state index in [-0.39, 0.29) is 12.5 Å². The van der Waals surface area contributed by atoms with Crippen molar-refractivity contribution < 1.29 is 14.3 Å². The summed E-state index contributed by atoms with van der Waals surface area (Å²) >= 11 is 0. The monoisotopic (exact) mass is 416 g/mol. The number of carbonyl (C=O) groups is 2. The molecule has 7 heteroatoms. The first-order chi connectivity index (χ1) is 15.0. The summed E-state index contributed by atoms with van der Waals surface area (Å²) in [6, 6.07) is 17.3. The van der Waals surface area contributed by atoms with Gasteiger partial charge >= 0.3 is 5.97 Å². The van der Waals surface area contributed by atoms with Crippen molar-refractivity contribution in [2.45, 2.75) is 27.3 Å². The minimum absolute atomic E-state index is 0.258. The molecule has 0 aliphatic carbocycles. The Morgan fingerprint density at radius 1 is 1.06 bits per heavy atom. The van der Waals surface area contributed by atoms with E-state index in [1.165, 1.54) is 0 Å². The Balaban J connectivity index is 1.73. The Labute approximate surface area is 180 Å². The Bertz CT molecular complexity index is 1220. The number of imidazole rings is 1. The topological polar surface area (TPSA) is 89.0 Å². The van der Waals surface area contributed by atoms with Gasteiger partial charge in [0.2, 0.25) is 5.95 Å². The van der Waals surface area contributed by atoms with Gasteiger partial charge in [-0.3, -0.25) is 10.1 Å². The predicted molar refractivity (Wildman–Crippen MR) is 119 cm³/mol. The summed E-state index contributed by atoms with van der Waals surface area (Å²) in [4.78, 5) is 33.5. The van der Waals surface area contributed by atoms with E-state index in [9.17, 15) is 9.59 Å². The predicted octanol–water partition coefficient (Wildman–Crippen LogP) is 4.46. The molecule has 4 rings (SSSR count). The van der Waals surface area contributed by atoms with Crippen LogP contribution in [0.3, 0.4) is 0 Å². The van der Waals surface area contributed by atoms with Gasteiger partial charge in [0.1, 0.15) is 5.69 Å². The molecule has 0 aliphatic rings. The van der Waals surface area contributed by atoms with Crippen LogP contribution in [0.2, 0.25) is 0 Å². The van der Waals surface area contributed by atoms with Gasteiger partial charge < -0.3 is 14.3 Å².